The fraction of sp³-hybridized carbons (Fsp3) is 0.467. The van der Waals surface area contributed by atoms with Gasteiger partial charge in [-0.3, -0.25) is 0 Å². The van der Waals surface area contributed by atoms with E-state index in [9.17, 15) is 0 Å². The number of nitrogens with zero attached hydrogens (tertiary/aromatic N) is 2. The first kappa shape index (κ1) is 12.4. The maximum atomic E-state index is 6.22. The van der Waals surface area contributed by atoms with Crippen molar-refractivity contribution in [2.45, 2.75) is 44.2 Å². The van der Waals surface area contributed by atoms with Gasteiger partial charge in [-0.2, -0.15) is 0 Å². The number of aromatic nitrogens is 2. The molecule has 3 N–H and O–H groups in total. The number of fused-ring (bicyclic) bond motifs is 1. The summed E-state index contributed by atoms with van der Waals surface area (Å²) < 4.78 is 0. The maximum absolute atomic E-state index is 6.22. The molecule has 1 aromatic heterocycles. The zero-order valence-electron chi connectivity index (χ0n) is 11.0. The Bertz CT molecular complexity index is 555. The van der Waals surface area contributed by atoms with Gasteiger partial charge in [-0.15, -0.1) is 0 Å². The third kappa shape index (κ3) is 2.84. The van der Waals surface area contributed by atoms with Crippen LogP contribution in [-0.2, 0) is 0 Å². The van der Waals surface area contributed by atoms with E-state index in [0.717, 1.165) is 23.7 Å². The fourth-order valence-electron chi connectivity index (χ4n) is 2.72. The van der Waals surface area contributed by atoms with E-state index in [1.807, 2.05) is 30.5 Å². The molecule has 0 radical (unpaired) electrons. The lowest BCUT2D eigenvalue weighted by Crippen LogP contribution is -2.39. The Kier molecular flexibility index (Phi) is 3.60. The smallest absolute Gasteiger partial charge is 0.223 e. The van der Waals surface area contributed by atoms with Gasteiger partial charge in [0.25, 0.3) is 0 Å². The lowest BCUT2D eigenvalue weighted by Gasteiger charge is -2.22. The summed E-state index contributed by atoms with van der Waals surface area (Å²) >= 11 is 0. The molecule has 2 aromatic rings. The standard InChI is InChI=1S/C15H20N4/c16-12-7-2-1-3-9-14(12)19-15-17-10-11-6-4-5-8-13(11)18-15/h4-6,8,10,12,14H,1-3,7,9,16H2,(H,17,18,19). The molecule has 0 saturated heterocycles. The molecule has 2 unspecified atom stereocenters. The minimum Gasteiger partial charge on any atom is -0.350 e. The third-order valence-corrected chi connectivity index (χ3v) is 3.87. The van der Waals surface area contributed by atoms with Crippen LogP contribution in [0.3, 0.4) is 0 Å². The van der Waals surface area contributed by atoms with Crippen molar-refractivity contribution >= 4 is 16.9 Å². The molecule has 0 aliphatic heterocycles. The predicted molar refractivity (Wildman–Crippen MR) is 78.0 cm³/mol. The molecule has 100 valence electrons. The zero-order valence-corrected chi connectivity index (χ0v) is 11.0. The van der Waals surface area contributed by atoms with Crippen LogP contribution in [0.15, 0.2) is 30.5 Å². The van der Waals surface area contributed by atoms with Gasteiger partial charge in [0.2, 0.25) is 5.95 Å². The topological polar surface area (TPSA) is 63.8 Å². The number of rotatable bonds is 2. The van der Waals surface area contributed by atoms with E-state index in [4.69, 9.17) is 5.73 Å². The number of nitrogens with one attached hydrogen (secondary N) is 1. The van der Waals surface area contributed by atoms with Crippen molar-refractivity contribution in [2.75, 3.05) is 5.32 Å². The largest absolute Gasteiger partial charge is 0.350 e. The second kappa shape index (κ2) is 5.53. The summed E-state index contributed by atoms with van der Waals surface area (Å²) in [7, 11) is 0. The molecular weight excluding hydrogens is 236 g/mol. The van der Waals surface area contributed by atoms with E-state index in [-0.39, 0.29) is 6.04 Å². The average Bonchev–Trinajstić information content (AvgIpc) is 2.64. The van der Waals surface area contributed by atoms with Crippen LogP contribution in [0.5, 0.6) is 0 Å². The minimum absolute atomic E-state index is 0.206. The lowest BCUT2D eigenvalue weighted by atomic mass is 10.0. The molecule has 4 heteroatoms. The van der Waals surface area contributed by atoms with E-state index in [2.05, 4.69) is 15.3 Å². The van der Waals surface area contributed by atoms with Crippen LogP contribution in [-0.4, -0.2) is 22.1 Å². The number of hydrogen-bond donors (Lipinski definition) is 2. The van der Waals surface area contributed by atoms with E-state index in [1.165, 1.54) is 19.3 Å². The molecule has 0 bridgehead atoms. The van der Waals surface area contributed by atoms with Gasteiger partial charge in [0.15, 0.2) is 0 Å². The summed E-state index contributed by atoms with van der Waals surface area (Å²) in [5.74, 6) is 0.695. The molecule has 1 saturated carbocycles. The number of benzene rings is 1. The van der Waals surface area contributed by atoms with Gasteiger partial charge < -0.3 is 11.1 Å². The van der Waals surface area contributed by atoms with E-state index < -0.39 is 0 Å². The Morgan fingerprint density at radius 2 is 1.95 bits per heavy atom. The van der Waals surface area contributed by atoms with Gasteiger partial charge in [-0.05, 0) is 18.9 Å². The van der Waals surface area contributed by atoms with Gasteiger partial charge in [-0.25, -0.2) is 9.97 Å². The number of anilines is 1. The second-order valence-corrected chi connectivity index (χ2v) is 5.31. The normalized spacial score (nSPS) is 24.1. The zero-order chi connectivity index (χ0) is 13.1. The summed E-state index contributed by atoms with van der Waals surface area (Å²) in [4.78, 5) is 8.94. The fourth-order valence-corrected chi connectivity index (χ4v) is 2.72. The maximum Gasteiger partial charge on any atom is 0.223 e. The van der Waals surface area contributed by atoms with Crippen molar-refractivity contribution in [1.82, 2.24) is 9.97 Å². The average molecular weight is 256 g/mol. The number of para-hydroxylation sites is 1. The number of hydrogen-bond acceptors (Lipinski definition) is 4. The molecule has 1 heterocycles. The first-order chi connectivity index (χ1) is 9.33. The quantitative estimate of drug-likeness (QED) is 0.811. The first-order valence-electron chi connectivity index (χ1n) is 7.07. The van der Waals surface area contributed by atoms with Crippen LogP contribution < -0.4 is 11.1 Å². The minimum atomic E-state index is 0.206. The highest BCUT2D eigenvalue weighted by Crippen LogP contribution is 2.20. The number of nitrogens with two attached hydrogens (primary N) is 1. The Morgan fingerprint density at radius 3 is 2.89 bits per heavy atom. The van der Waals surface area contributed by atoms with Crippen molar-refractivity contribution in [3.8, 4) is 0 Å². The van der Waals surface area contributed by atoms with Crippen LogP contribution in [0, 0.1) is 0 Å². The molecule has 2 atom stereocenters. The highest BCUT2D eigenvalue weighted by Gasteiger charge is 2.20. The molecule has 1 fully saturated rings. The molecule has 0 spiro atoms. The highest BCUT2D eigenvalue weighted by atomic mass is 15.1. The van der Waals surface area contributed by atoms with Crippen LogP contribution in [0.4, 0.5) is 5.95 Å². The Balaban J connectivity index is 1.80. The first-order valence-corrected chi connectivity index (χ1v) is 7.07. The van der Waals surface area contributed by atoms with Crippen molar-refractivity contribution in [3.63, 3.8) is 0 Å². The summed E-state index contributed by atoms with van der Waals surface area (Å²) in [6.07, 6.45) is 7.82. The van der Waals surface area contributed by atoms with E-state index in [1.54, 1.807) is 0 Å². The molecule has 1 aliphatic carbocycles. The monoisotopic (exact) mass is 256 g/mol. The van der Waals surface area contributed by atoms with Crippen LogP contribution in [0.2, 0.25) is 0 Å². The SMILES string of the molecule is NC1CCCCCC1Nc1ncc2ccccc2n1. The van der Waals surface area contributed by atoms with Crippen molar-refractivity contribution in [3.05, 3.63) is 30.5 Å². The Hall–Kier alpha value is -1.68. The van der Waals surface area contributed by atoms with Crippen molar-refractivity contribution < 1.29 is 0 Å². The molecule has 1 aliphatic rings. The molecule has 3 rings (SSSR count). The van der Waals surface area contributed by atoms with Crippen LogP contribution in [0.25, 0.3) is 10.9 Å². The van der Waals surface area contributed by atoms with Gasteiger partial charge in [-0.1, -0.05) is 37.5 Å². The summed E-state index contributed by atoms with van der Waals surface area (Å²) in [6.45, 7) is 0. The van der Waals surface area contributed by atoms with E-state index >= 15 is 0 Å². The van der Waals surface area contributed by atoms with Crippen LogP contribution in [0.1, 0.15) is 32.1 Å². The van der Waals surface area contributed by atoms with E-state index in [0.29, 0.717) is 12.0 Å². The third-order valence-electron chi connectivity index (χ3n) is 3.87. The van der Waals surface area contributed by atoms with Crippen LogP contribution >= 0.6 is 0 Å². The Morgan fingerprint density at radius 1 is 1.11 bits per heavy atom. The molecule has 19 heavy (non-hydrogen) atoms. The molecular formula is C15H20N4. The van der Waals surface area contributed by atoms with Crippen molar-refractivity contribution in [2.24, 2.45) is 5.73 Å². The van der Waals surface area contributed by atoms with Gasteiger partial charge in [0.1, 0.15) is 0 Å². The summed E-state index contributed by atoms with van der Waals surface area (Å²) in [5, 5.41) is 4.48. The lowest BCUT2D eigenvalue weighted by molar-refractivity contribution is 0.525. The van der Waals surface area contributed by atoms with Gasteiger partial charge >= 0.3 is 0 Å². The molecule has 0 amide bonds. The summed E-state index contributed by atoms with van der Waals surface area (Å²) in [5.41, 5.74) is 7.20. The highest BCUT2D eigenvalue weighted by molar-refractivity contribution is 5.78. The predicted octanol–water partition coefficient (Wildman–Crippen LogP) is 2.70. The molecule has 1 aromatic carbocycles. The second-order valence-electron chi connectivity index (χ2n) is 5.31. The van der Waals surface area contributed by atoms with Gasteiger partial charge in [0.05, 0.1) is 5.52 Å². The van der Waals surface area contributed by atoms with Gasteiger partial charge in [0, 0.05) is 23.7 Å². The molecule has 4 nitrogen and oxygen atoms in total. The van der Waals surface area contributed by atoms with Crippen molar-refractivity contribution in [1.29, 1.82) is 0 Å². The Labute approximate surface area is 113 Å². The summed E-state index contributed by atoms with van der Waals surface area (Å²) in [6, 6.07) is 8.53.